The maximum atomic E-state index is 13.1. The molecule has 11 heteroatoms. The van der Waals surface area contributed by atoms with Gasteiger partial charge in [-0.1, -0.05) is 0 Å². The smallest absolute Gasteiger partial charge is 0.334 e. The Hall–Kier alpha value is -2.98. The molecule has 1 atom stereocenters. The van der Waals surface area contributed by atoms with Crippen molar-refractivity contribution in [2.75, 3.05) is 6.54 Å². The van der Waals surface area contributed by atoms with E-state index in [0.717, 1.165) is 18.7 Å². The van der Waals surface area contributed by atoms with E-state index >= 15 is 0 Å². The molecule has 148 valence electrons. The molecule has 4 heterocycles. The number of imidazole rings is 1. The summed E-state index contributed by atoms with van der Waals surface area (Å²) < 4.78 is 40.7. The number of nitrogens with one attached hydrogen (secondary N) is 1. The molecule has 0 spiro atoms. The number of hydrogen-bond acceptors (Lipinski definition) is 5. The van der Waals surface area contributed by atoms with Crippen LogP contribution in [0.2, 0.25) is 0 Å². The fourth-order valence-electron chi connectivity index (χ4n) is 3.61. The summed E-state index contributed by atoms with van der Waals surface area (Å²) in [6, 6.07) is -0.122. The molecule has 0 saturated carbocycles. The predicted molar refractivity (Wildman–Crippen MR) is 92.4 cm³/mol. The Balaban J connectivity index is 1.65. The number of fused-ring (bicyclic) bond motifs is 1. The summed E-state index contributed by atoms with van der Waals surface area (Å²) in [5, 5.41) is 4.33. The lowest BCUT2D eigenvalue weighted by Gasteiger charge is -2.25. The maximum Gasteiger partial charge on any atom is 0.449 e. The second kappa shape index (κ2) is 6.57. The molecule has 1 amide bonds. The molecule has 1 saturated heterocycles. The van der Waals surface area contributed by atoms with E-state index in [-0.39, 0.29) is 28.5 Å². The third kappa shape index (κ3) is 3.20. The van der Waals surface area contributed by atoms with Crippen LogP contribution < -0.4 is 0 Å². The van der Waals surface area contributed by atoms with Crippen LogP contribution >= 0.6 is 0 Å². The monoisotopic (exact) mass is 393 g/mol. The van der Waals surface area contributed by atoms with E-state index in [9.17, 15) is 18.0 Å². The first-order valence-corrected chi connectivity index (χ1v) is 8.84. The number of alkyl halides is 3. The maximum absolute atomic E-state index is 13.1. The number of aryl methyl sites for hydroxylation is 2. The lowest BCUT2D eigenvalue weighted by Crippen LogP contribution is -2.38. The van der Waals surface area contributed by atoms with Gasteiger partial charge in [0.25, 0.3) is 5.91 Å². The van der Waals surface area contributed by atoms with E-state index in [4.69, 9.17) is 0 Å². The van der Waals surface area contributed by atoms with Gasteiger partial charge in [-0.15, -0.1) is 0 Å². The van der Waals surface area contributed by atoms with Crippen LogP contribution in [0.4, 0.5) is 13.2 Å². The molecule has 0 unspecified atom stereocenters. The number of hydrogen-bond donors (Lipinski definition) is 1. The van der Waals surface area contributed by atoms with Gasteiger partial charge in [0.05, 0.1) is 29.9 Å². The molecule has 3 aromatic heterocycles. The minimum atomic E-state index is -4.63. The number of aromatic amines is 1. The number of likely N-dealkylation sites (tertiary alicyclic amines) is 1. The van der Waals surface area contributed by atoms with Crippen LogP contribution in [0.25, 0.3) is 11.0 Å². The molecule has 0 radical (unpaired) electrons. The topological polar surface area (TPSA) is 92.6 Å². The number of H-pyrrole nitrogens is 1. The first kappa shape index (κ1) is 18.4. The van der Waals surface area contributed by atoms with Gasteiger partial charge >= 0.3 is 6.18 Å². The first-order valence-electron chi connectivity index (χ1n) is 8.84. The van der Waals surface area contributed by atoms with Gasteiger partial charge in [0, 0.05) is 12.7 Å². The zero-order chi connectivity index (χ0) is 20.1. The van der Waals surface area contributed by atoms with Crippen molar-refractivity contribution in [3.05, 3.63) is 35.4 Å². The summed E-state index contributed by atoms with van der Waals surface area (Å²) in [5.74, 6) is -0.118. The molecule has 0 aromatic carbocycles. The van der Waals surface area contributed by atoms with Crippen LogP contribution in [0.5, 0.6) is 0 Å². The van der Waals surface area contributed by atoms with Crippen molar-refractivity contribution >= 4 is 16.9 Å². The SMILES string of the molecule is Cc1nc(C)n(C[C@@H]2CCCN2C(=O)c2cncc3[nH]c(C(F)(F)F)nc23)n1. The van der Waals surface area contributed by atoms with Crippen molar-refractivity contribution in [3.8, 4) is 0 Å². The van der Waals surface area contributed by atoms with Crippen molar-refractivity contribution in [3.63, 3.8) is 0 Å². The van der Waals surface area contributed by atoms with Crippen LogP contribution in [-0.2, 0) is 12.7 Å². The molecule has 8 nitrogen and oxygen atoms in total. The molecule has 3 aromatic rings. The number of amides is 1. The van der Waals surface area contributed by atoms with Gasteiger partial charge in [-0.3, -0.25) is 9.78 Å². The van der Waals surface area contributed by atoms with Crippen LogP contribution in [0.3, 0.4) is 0 Å². The molecule has 0 aliphatic carbocycles. The van der Waals surface area contributed by atoms with Crippen molar-refractivity contribution in [1.82, 2.24) is 34.6 Å². The van der Waals surface area contributed by atoms with E-state index in [0.29, 0.717) is 18.9 Å². The lowest BCUT2D eigenvalue weighted by atomic mass is 10.2. The number of aromatic nitrogens is 6. The van der Waals surface area contributed by atoms with Gasteiger partial charge < -0.3 is 9.88 Å². The lowest BCUT2D eigenvalue weighted by molar-refractivity contribution is -0.144. The van der Waals surface area contributed by atoms with Crippen molar-refractivity contribution in [2.24, 2.45) is 0 Å². The zero-order valence-electron chi connectivity index (χ0n) is 15.3. The average Bonchev–Trinajstić information content (AvgIpc) is 3.32. The van der Waals surface area contributed by atoms with Gasteiger partial charge in [-0.05, 0) is 26.7 Å². The predicted octanol–water partition coefficient (Wildman–Crippen LogP) is 2.49. The molecule has 1 fully saturated rings. The summed E-state index contributed by atoms with van der Waals surface area (Å²) in [5.41, 5.74) is 0.116. The van der Waals surface area contributed by atoms with E-state index < -0.39 is 12.0 Å². The summed E-state index contributed by atoms with van der Waals surface area (Å²) in [4.78, 5) is 28.8. The number of rotatable bonds is 3. The molecule has 0 bridgehead atoms. The van der Waals surface area contributed by atoms with E-state index in [1.165, 1.54) is 12.4 Å². The number of halogens is 3. The molecule has 1 aliphatic heterocycles. The fourth-order valence-corrected chi connectivity index (χ4v) is 3.61. The number of carbonyl (C=O) groups is 1. The Kier molecular flexibility index (Phi) is 4.31. The summed E-state index contributed by atoms with van der Waals surface area (Å²) in [7, 11) is 0. The Morgan fingerprint density at radius 3 is 2.75 bits per heavy atom. The Bertz CT molecular complexity index is 1040. The summed E-state index contributed by atoms with van der Waals surface area (Å²) in [6.45, 7) is 4.64. The summed E-state index contributed by atoms with van der Waals surface area (Å²) >= 11 is 0. The quantitative estimate of drug-likeness (QED) is 0.738. The third-order valence-corrected chi connectivity index (χ3v) is 4.88. The van der Waals surface area contributed by atoms with Crippen molar-refractivity contribution < 1.29 is 18.0 Å². The fraction of sp³-hybridized carbons (Fsp3) is 0.471. The van der Waals surface area contributed by atoms with Crippen LogP contribution in [0, 0.1) is 13.8 Å². The molecular formula is C17H18F3N7O. The Morgan fingerprint density at radius 1 is 1.29 bits per heavy atom. The Morgan fingerprint density at radius 2 is 2.07 bits per heavy atom. The van der Waals surface area contributed by atoms with Crippen molar-refractivity contribution in [1.29, 1.82) is 0 Å². The molecular weight excluding hydrogens is 375 g/mol. The number of pyridine rings is 1. The average molecular weight is 393 g/mol. The highest BCUT2D eigenvalue weighted by Crippen LogP contribution is 2.30. The van der Waals surface area contributed by atoms with E-state index in [2.05, 4.69) is 25.0 Å². The van der Waals surface area contributed by atoms with E-state index in [1.54, 1.807) is 16.5 Å². The first-order chi connectivity index (χ1) is 13.2. The van der Waals surface area contributed by atoms with Gasteiger partial charge in [-0.2, -0.15) is 18.3 Å². The van der Waals surface area contributed by atoms with Gasteiger partial charge in [0.15, 0.2) is 0 Å². The van der Waals surface area contributed by atoms with Crippen LogP contribution in [0.1, 0.15) is 40.7 Å². The molecule has 28 heavy (non-hydrogen) atoms. The van der Waals surface area contributed by atoms with Crippen molar-refractivity contribution in [2.45, 2.75) is 45.5 Å². The minimum Gasteiger partial charge on any atom is -0.334 e. The zero-order valence-corrected chi connectivity index (χ0v) is 15.3. The molecule has 1 aliphatic rings. The van der Waals surface area contributed by atoms with Crippen LogP contribution in [0.15, 0.2) is 12.4 Å². The highest BCUT2D eigenvalue weighted by Gasteiger charge is 2.36. The molecule has 4 rings (SSSR count). The second-order valence-electron chi connectivity index (χ2n) is 6.85. The normalized spacial score (nSPS) is 17.6. The number of carbonyl (C=O) groups excluding carboxylic acids is 1. The van der Waals surface area contributed by atoms with Gasteiger partial charge in [0.2, 0.25) is 5.82 Å². The largest absolute Gasteiger partial charge is 0.449 e. The minimum absolute atomic E-state index is 0.0224. The highest BCUT2D eigenvalue weighted by atomic mass is 19.4. The Labute approximate surface area is 157 Å². The summed E-state index contributed by atoms with van der Waals surface area (Å²) in [6.07, 6.45) is -0.538. The third-order valence-electron chi connectivity index (χ3n) is 4.88. The standard InChI is InChI=1S/C17H18F3N7O/c1-9-22-10(2)27(25-9)8-11-4-3-5-26(11)15(28)12-6-21-7-13-14(12)24-16(23-13)17(18,19)20/h6-7,11H,3-5,8H2,1-2H3,(H,23,24)/t11-/m0/s1. The van der Waals surface area contributed by atoms with Crippen LogP contribution in [-0.4, -0.2) is 53.1 Å². The number of nitrogens with zero attached hydrogens (tertiary/aromatic N) is 6. The highest BCUT2D eigenvalue weighted by molar-refractivity contribution is 6.04. The second-order valence-corrected chi connectivity index (χ2v) is 6.85. The van der Waals surface area contributed by atoms with E-state index in [1.807, 2.05) is 6.92 Å². The van der Waals surface area contributed by atoms with Gasteiger partial charge in [0.1, 0.15) is 17.2 Å². The van der Waals surface area contributed by atoms with Gasteiger partial charge in [-0.25, -0.2) is 14.6 Å². The molecule has 1 N–H and O–H groups in total.